The standard InChI is InChI=1S/C19H39NO4S/c1-4-6-7-8-9-10-11-12-13-14-15-16-17-18-19(21)20(3)24-25(22,23)5-2/h4-18H2,1-3H3. The topological polar surface area (TPSA) is 63.7 Å². The predicted molar refractivity (Wildman–Crippen MR) is 104 cm³/mol. The van der Waals surface area contributed by atoms with Crippen molar-refractivity contribution in [2.45, 2.75) is 104 Å². The molecule has 0 aliphatic rings. The third-order valence-electron chi connectivity index (χ3n) is 4.42. The van der Waals surface area contributed by atoms with Crippen LogP contribution in [0.25, 0.3) is 0 Å². The van der Waals surface area contributed by atoms with Gasteiger partial charge in [0.05, 0.1) is 5.75 Å². The Bertz CT molecular complexity index is 423. The van der Waals surface area contributed by atoms with Crippen LogP contribution >= 0.6 is 0 Å². The molecule has 0 heterocycles. The van der Waals surface area contributed by atoms with Crippen molar-refractivity contribution >= 4 is 16.0 Å². The summed E-state index contributed by atoms with van der Waals surface area (Å²) in [6, 6.07) is 0. The van der Waals surface area contributed by atoms with Gasteiger partial charge in [0.1, 0.15) is 0 Å². The average Bonchev–Trinajstić information content (AvgIpc) is 2.58. The van der Waals surface area contributed by atoms with Crippen LogP contribution in [0.2, 0.25) is 0 Å². The van der Waals surface area contributed by atoms with Crippen LogP contribution in [0.1, 0.15) is 104 Å². The van der Waals surface area contributed by atoms with E-state index in [1.165, 1.54) is 78.2 Å². The van der Waals surface area contributed by atoms with Gasteiger partial charge in [-0.2, -0.15) is 8.42 Å². The molecule has 25 heavy (non-hydrogen) atoms. The largest absolute Gasteiger partial charge is 0.287 e. The van der Waals surface area contributed by atoms with E-state index in [0.29, 0.717) is 6.42 Å². The summed E-state index contributed by atoms with van der Waals surface area (Å²) in [5.74, 6) is -0.413. The first-order chi connectivity index (χ1) is 11.9. The molecule has 0 radical (unpaired) electrons. The third-order valence-corrected chi connectivity index (χ3v) is 5.58. The van der Waals surface area contributed by atoms with E-state index >= 15 is 0 Å². The molecule has 5 nitrogen and oxygen atoms in total. The molecule has 0 saturated heterocycles. The molecular weight excluding hydrogens is 338 g/mol. The van der Waals surface area contributed by atoms with Crippen molar-refractivity contribution in [2.75, 3.05) is 12.8 Å². The van der Waals surface area contributed by atoms with Crippen molar-refractivity contribution in [1.29, 1.82) is 0 Å². The highest BCUT2D eigenvalue weighted by Crippen LogP contribution is 2.13. The first-order valence-corrected chi connectivity index (χ1v) is 11.7. The van der Waals surface area contributed by atoms with Crippen molar-refractivity contribution in [3.05, 3.63) is 0 Å². The van der Waals surface area contributed by atoms with Crippen molar-refractivity contribution < 1.29 is 17.5 Å². The maximum atomic E-state index is 11.8. The average molecular weight is 378 g/mol. The molecule has 0 aromatic carbocycles. The fourth-order valence-electron chi connectivity index (χ4n) is 2.72. The Hall–Kier alpha value is -0.620. The minimum atomic E-state index is -3.62. The fourth-order valence-corrected chi connectivity index (χ4v) is 3.25. The minimum absolute atomic E-state index is 0.136. The molecular formula is C19H39NO4S. The van der Waals surface area contributed by atoms with Crippen LogP contribution in [0.4, 0.5) is 0 Å². The van der Waals surface area contributed by atoms with E-state index in [1.807, 2.05) is 0 Å². The highest BCUT2D eigenvalue weighted by molar-refractivity contribution is 7.86. The Morgan fingerprint density at radius 3 is 1.56 bits per heavy atom. The molecule has 0 aromatic rings. The second kappa shape index (κ2) is 15.6. The van der Waals surface area contributed by atoms with Crippen molar-refractivity contribution in [1.82, 2.24) is 5.06 Å². The second-order valence-electron chi connectivity index (χ2n) is 6.80. The van der Waals surface area contributed by atoms with E-state index in [0.717, 1.165) is 24.3 Å². The van der Waals surface area contributed by atoms with Crippen molar-refractivity contribution in [3.63, 3.8) is 0 Å². The summed E-state index contributed by atoms with van der Waals surface area (Å²) in [5.41, 5.74) is 0. The molecule has 0 N–H and O–H groups in total. The van der Waals surface area contributed by atoms with Crippen LogP contribution in [0.15, 0.2) is 0 Å². The van der Waals surface area contributed by atoms with Crippen molar-refractivity contribution in [3.8, 4) is 0 Å². The lowest BCUT2D eigenvalue weighted by Gasteiger charge is -2.15. The lowest BCUT2D eigenvalue weighted by atomic mass is 10.0. The summed E-state index contributed by atoms with van der Waals surface area (Å²) >= 11 is 0. The smallest absolute Gasteiger partial charge is 0.273 e. The van der Waals surface area contributed by atoms with Crippen LogP contribution in [0, 0.1) is 0 Å². The number of carbonyl (C=O) groups is 1. The molecule has 0 aliphatic carbocycles. The van der Waals surface area contributed by atoms with Crippen LogP contribution in [-0.2, 0) is 19.2 Å². The van der Waals surface area contributed by atoms with E-state index in [2.05, 4.69) is 11.2 Å². The number of hydrogen-bond acceptors (Lipinski definition) is 4. The monoisotopic (exact) mass is 377 g/mol. The Morgan fingerprint density at radius 1 is 0.760 bits per heavy atom. The number of hydroxylamine groups is 2. The van der Waals surface area contributed by atoms with E-state index in [4.69, 9.17) is 0 Å². The molecule has 0 rings (SSSR count). The summed E-state index contributed by atoms with van der Waals surface area (Å²) in [7, 11) is -2.26. The van der Waals surface area contributed by atoms with E-state index in [-0.39, 0.29) is 11.7 Å². The number of hydrogen-bond donors (Lipinski definition) is 0. The molecule has 0 saturated carbocycles. The van der Waals surface area contributed by atoms with Gasteiger partial charge in [-0.3, -0.25) is 4.79 Å². The molecule has 0 fully saturated rings. The van der Waals surface area contributed by atoms with Gasteiger partial charge in [-0.15, -0.1) is 4.28 Å². The lowest BCUT2D eigenvalue weighted by molar-refractivity contribution is -0.151. The van der Waals surface area contributed by atoms with E-state index in [9.17, 15) is 13.2 Å². The van der Waals surface area contributed by atoms with Crippen LogP contribution < -0.4 is 0 Å². The highest BCUT2D eigenvalue weighted by Gasteiger charge is 2.16. The predicted octanol–water partition coefficient (Wildman–Crippen LogP) is 5.21. The molecule has 0 atom stereocenters. The summed E-state index contributed by atoms with van der Waals surface area (Å²) in [6.07, 6.45) is 16.7. The number of nitrogens with zero attached hydrogens (tertiary/aromatic N) is 1. The van der Waals surface area contributed by atoms with Gasteiger partial charge in [0, 0.05) is 13.5 Å². The molecule has 0 aromatic heterocycles. The summed E-state index contributed by atoms with van der Waals surface area (Å²) in [6.45, 7) is 3.74. The Kier molecular flexibility index (Phi) is 15.2. The normalized spacial score (nSPS) is 11.6. The fraction of sp³-hybridized carbons (Fsp3) is 0.947. The molecule has 0 bridgehead atoms. The minimum Gasteiger partial charge on any atom is -0.273 e. The molecule has 6 heteroatoms. The van der Waals surface area contributed by atoms with Gasteiger partial charge in [-0.25, -0.2) is 5.06 Å². The van der Waals surface area contributed by atoms with Gasteiger partial charge >= 0.3 is 0 Å². The zero-order valence-electron chi connectivity index (χ0n) is 16.6. The van der Waals surface area contributed by atoms with Gasteiger partial charge in [0.2, 0.25) is 5.91 Å². The van der Waals surface area contributed by atoms with Gasteiger partial charge < -0.3 is 0 Å². The zero-order valence-corrected chi connectivity index (χ0v) is 17.4. The number of unbranched alkanes of at least 4 members (excludes halogenated alkanes) is 12. The first kappa shape index (κ1) is 24.4. The second-order valence-corrected chi connectivity index (χ2v) is 8.65. The summed E-state index contributed by atoms with van der Waals surface area (Å²) in [5, 5.41) is 0.847. The van der Waals surface area contributed by atoms with Crippen molar-refractivity contribution in [2.24, 2.45) is 0 Å². The Morgan fingerprint density at radius 2 is 1.16 bits per heavy atom. The summed E-state index contributed by atoms with van der Waals surface area (Å²) < 4.78 is 27.2. The van der Waals surface area contributed by atoms with Crippen LogP contribution in [0.3, 0.4) is 0 Å². The van der Waals surface area contributed by atoms with Gasteiger partial charge in [0.25, 0.3) is 10.1 Å². The number of amides is 1. The molecule has 0 spiro atoms. The van der Waals surface area contributed by atoms with Gasteiger partial charge in [-0.1, -0.05) is 84.0 Å². The van der Waals surface area contributed by atoms with E-state index < -0.39 is 10.1 Å². The Labute approximate surface area is 155 Å². The lowest BCUT2D eigenvalue weighted by Crippen LogP contribution is -2.30. The highest BCUT2D eigenvalue weighted by atomic mass is 32.2. The maximum absolute atomic E-state index is 11.8. The SMILES string of the molecule is CCCCCCCCCCCCCCCC(=O)N(C)OS(=O)(=O)CC. The molecule has 150 valence electrons. The zero-order chi connectivity index (χ0) is 19.0. The number of carbonyl (C=O) groups excluding carboxylic acids is 1. The summed E-state index contributed by atoms with van der Waals surface area (Å²) in [4.78, 5) is 11.8. The van der Waals surface area contributed by atoms with Gasteiger partial charge in [-0.05, 0) is 13.3 Å². The molecule has 1 amide bonds. The molecule has 0 unspecified atom stereocenters. The van der Waals surface area contributed by atoms with Gasteiger partial charge in [0.15, 0.2) is 0 Å². The third kappa shape index (κ3) is 15.4. The van der Waals surface area contributed by atoms with E-state index in [1.54, 1.807) is 0 Å². The Balaban J connectivity index is 3.42. The van der Waals surface area contributed by atoms with Crippen LogP contribution in [0.5, 0.6) is 0 Å². The quantitative estimate of drug-likeness (QED) is 0.258. The van der Waals surface area contributed by atoms with Crippen LogP contribution in [-0.4, -0.2) is 32.2 Å². The number of rotatable bonds is 17. The first-order valence-electron chi connectivity index (χ1n) is 10.1. The maximum Gasteiger partial charge on any atom is 0.287 e. The molecule has 0 aliphatic heterocycles.